The topological polar surface area (TPSA) is 49.6 Å². The van der Waals surface area contributed by atoms with Crippen LogP contribution in [-0.4, -0.2) is 45.8 Å². The first kappa shape index (κ1) is 16.0. The molecule has 26 heavy (non-hydrogen) atoms. The van der Waals surface area contributed by atoms with Crippen molar-refractivity contribution in [3.63, 3.8) is 0 Å². The van der Waals surface area contributed by atoms with Crippen LogP contribution in [0.4, 0.5) is 16.0 Å². The van der Waals surface area contributed by atoms with Gasteiger partial charge in [-0.25, -0.2) is 18.9 Å². The maximum absolute atomic E-state index is 14.2. The highest BCUT2D eigenvalue weighted by Crippen LogP contribution is 2.40. The van der Waals surface area contributed by atoms with Gasteiger partial charge in [-0.1, -0.05) is 0 Å². The number of halogens is 2. The Morgan fingerprint density at radius 1 is 1.00 bits per heavy atom. The van der Waals surface area contributed by atoms with E-state index in [1.165, 1.54) is 24.6 Å². The number of rotatable bonds is 3. The van der Waals surface area contributed by atoms with Crippen molar-refractivity contribution in [1.82, 2.24) is 19.6 Å². The molecular formula is C18H18BrFN6. The Morgan fingerprint density at radius 2 is 1.73 bits per heavy atom. The number of fused-ring (bicyclic) bond motifs is 1. The third-order valence-electron chi connectivity index (χ3n) is 5.05. The molecule has 4 heterocycles. The van der Waals surface area contributed by atoms with E-state index in [9.17, 15) is 4.39 Å². The summed E-state index contributed by atoms with van der Waals surface area (Å²) in [6, 6.07) is 3.63. The van der Waals surface area contributed by atoms with E-state index in [2.05, 4.69) is 42.0 Å². The molecule has 134 valence electrons. The SMILES string of the molecule is Fc1cc(Br)cnc1N1CCN(c2nccn3nc(C4CC4)cc23)CC1. The van der Waals surface area contributed by atoms with Crippen molar-refractivity contribution in [1.29, 1.82) is 0 Å². The maximum Gasteiger partial charge on any atom is 0.166 e. The lowest BCUT2D eigenvalue weighted by molar-refractivity contribution is 0.586. The molecular weight excluding hydrogens is 399 g/mol. The van der Waals surface area contributed by atoms with E-state index in [-0.39, 0.29) is 5.82 Å². The molecule has 0 atom stereocenters. The zero-order chi connectivity index (χ0) is 17.7. The summed E-state index contributed by atoms with van der Waals surface area (Å²) >= 11 is 3.25. The molecule has 2 aliphatic rings. The highest BCUT2D eigenvalue weighted by Gasteiger charge is 2.28. The molecule has 1 aliphatic carbocycles. The van der Waals surface area contributed by atoms with Gasteiger partial charge in [0.15, 0.2) is 17.5 Å². The number of nitrogens with zero attached hydrogens (tertiary/aromatic N) is 6. The third-order valence-corrected chi connectivity index (χ3v) is 5.48. The van der Waals surface area contributed by atoms with Crippen molar-refractivity contribution in [3.8, 4) is 0 Å². The predicted molar refractivity (Wildman–Crippen MR) is 101 cm³/mol. The van der Waals surface area contributed by atoms with E-state index in [1.807, 2.05) is 15.6 Å². The van der Waals surface area contributed by atoms with Crippen molar-refractivity contribution < 1.29 is 4.39 Å². The molecule has 0 unspecified atom stereocenters. The lowest BCUT2D eigenvalue weighted by atomic mass is 10.2. The summed E-state index contributed by atoms with van der Waals surface area (Å²) in [7, 11) is 0. The molecule has 0 amide bonds. The minimum absolute atomic E-state index is 0.294. The van der Waals surface area contributed by atoms with E-state index in [1.54, 1.807) is 12.4 Å². The zero-order valence-corrected chi connectivity index (χ0v) is 15.7. The summed E-state index contributed by atoms with van der Waals surface area (Å²) in [5.41, 5.74) is 2.22. The minimum atomic E-state index is -0.294. The smallest absolute Gasteiger partial charge is 0.166 e. The molecule has 1 saturated heterocycles. The van der Waals surface area contributed by atoms with Gasteiger partial charge in [-0.3, -0.25) is 0 Å². The van der Waals surface area contributed by atoms with Crippen LogP contribution in [0, 0.1) is 5.82 Å². The number of piperazine rings is 1. The van der Waals surface area contributed by atoms with Crippen LogP contribution < -0.4 is 9.80 Å². The summed E-state index contributed by atoms with van der Waals surface area (Å²) in [5.74, 6) is 1.69. The first-order valence-electron chi connectivity index (χ1n) is 8.84. The summed E-state index contributed by atoms with van der Waals surface area (Å²) in [6.07, 6.45) is 7.81. The van der Waals surface area contributed by atoms with Crippen LogP contribution in [0.25, 0.3) is 5.52 Å². The van der Waals surface area contributed by atoms with Crippen LogP contribution in [0.5, 0.6) is 0 Å². The number of pyridine rings is 1. The molecule has 3 aromatic heterocycles. The van der Waals surface area contributed by atoms with Crippen molar-refractivity contribution in [2.45, 2.75) is 18.8 Å². The Bertz CT molecular complexity index is 961. The van der Waals surface area contributed by atoms with Crippen LogP contribution in [0.2, 0.25) is 0 Å². The molecule has 0 bridgehead atoms. The van der Waals surface area contributed by atoms with Gasteiger partial charge in [0.25, 0.3) is 0 Å². The van der Waals surface area contributed by atoms with Gasteiger partial charge in [0.2, 0.25) is 0 Å². The highest BCUT2D eigenvalue weighted by molar-refractivity contribution is 9.10. The molecule has 3 aromatic rings. The molecule has 0 spiro atoms. The Labute approximate surface area is 158 Å². The normalized spacial score (nSPS) is 17.9. The average molecular weight is 417 g/mol. The fraction of sp³-hybridized carbons (Fsp3) is 0.389. The second-order valence-electron chi connectivity index (χ2n) is 6.86. The van der Waals surface area contributed by atoms with Crippen LogP contribution >= 0.6 is 15.9 Å². The third kappa shape index (κ3) is 2.82. The van der Waals surface area contributed by atoms with E-state index in [0.29, 0.717) is 29.3 Å². The van der Waals surface area contributed by atoms with E-state index >= 15 is 0 Å². The average Bonchev–Trinajstić information content (AvgIpc) is 3.40. The largest absolute Gasteiger partial charge is 0.351 e. The van der Waals surface area contributed by atoms with Gasteiger partial charge in [0, 0.05) is 55.2 Å². The van der Waals surface area contributed by atoms with E-state index in [0.717, 1.165) is 24.4 Å². The van der Waals surface area contributed by atoms with Gasteiger partial charge < -0.3 is 9.80 Å². The predicted octanol–water partition coefficient (Wildman–Crippen LogP) is 3.23. The van der Waals surface area contributed by atoms with Gasteiger partial charge in [0.1, 0.15) is 5.52 Å². The molecule has 2 fully saturated rings. The molecule has 5 rings (SSSR count). The Morgan fingerprint density at radius 3 is 2.42 bits per heavy atom. The molecule has 0 aromatic carbocycles. The monoisotopic (exact) mass is 416 g/mol. The Kier molecular flexibility index (Phi) is 3.81. The Balaban J connectivity index is 1.37. The first-order valence-corrected chi connectivity index (χ1v) is 9.63. The van der Waals surface area contributed by atoms with Gasteiger partial charge in [-0.2, -0.15) is 5.10 Å². The van der Waals surface area contributed by atoms with Crippen molar-refractivity contribution >= 4 is 33.1 Å². The molecule has 0 radical (unpaired) electrons. The van der Waals surface area contributed by atoms with Gasteiger partial charge in [-0.05, 0) is 40.9 Å². The summed E-state index contributed by atoms with van der Waals surface area (Å²) in [5, 5.41) is 4.69. The second-order valence-corrected chi connectivity index (χ2v) is 7.77. The maximum atomic E-state index is 14.2. The van der Waals surface area contributed by atoms with Crippen molar-refractivity contribution in [2.24, 2.45) is 0 Å². The molecule has 0 N–H and O–H groups in total. The summed E-state index contributed by atoms with van der Waals surface area (Å²) < 4.78 is 16.8. The lowest BCUT2D eigenvalue weighted by Gasteiger charge is -2.36. The summed E-state index contributed by atoms with van der Waals surface area (Å²) in [6.45, 7) is 2.96. The fourth-order valence-corrected chi connectivity index (χ4v) is 3.82. The quantitative estimate of drug-likeness (QED) is 0.655. The summed E-state index contributed by atoms with van der Waals surface area (Å²) in [4.78, 5) is 13.1. The van der Waals surface area contributed by atoms with Crippen LogP contribution in [0.3, 0.4) is 0 Å². The van der Waals surface area contributed by atoms with E-state index in [4.69, 9.17) is 0 Å². The Hall–Kier alpha value is -2.22. The lowest BCUT2D eigenvalue weighted by Crippen LogP contribution is -2.47. The fourth-order valence-electron chi connectivity index (χ4n) is 3.52. The minimum Gasteiger partial charge on any atom is -0.351 e. The van der Waals surface area contributed by atoms with Crippen LogP contribution in [0.15, 0.2) is 35.2 Å². The zero-order valence-electron chi connectivity index (χ0n) is 14.1. The van der Waals surface area contributed by atoms with Crippen molar-refractivity contribution in [3.05, 3.63) is 46.7 Å². The van der Waals surface area contributed by atoms with Crippen LogP contribution in [0.1, 0.15) is 24.5 Å². The number of anilines is 2. The van der Waals surface area contributed by atoms with Gasteiger partial charge >= 0.3 is 0 Å². The van der Waals surface area contributed by atoms with Gasteiger partial charge in [-0.15, -0.1) is 0 Å². The van der Waals surface area contributed by atoms with Crippen LogP contribution in [-0.2, 0) is 0 Å². The number of aromatic nitrogens is 4. The number of hydrogen-bond acceptors (Lipinski definition) is 5. The molecule has 8 heteroatoms. The molecule has 1 saturated carbocycles. The number of hydrogen-bond donors (Lipinski definition) is 0. The van der Waals surface area contributed by atoms with Crippen molar-refractivity contribution in [2.75, 3.05) is 36.0 Å². The molecule has 6 nitrogen and oxygen atoms in total. The highest BCUT2D eigenvalue weighted by atomic mass is 79.9. The molecule has 1 aliphatic heterocycles. The van der Waals surface area contributed by atoms with E-state index < -0.39 is 0 Å². The van der Waals surface area contributed by atoms with Gasteiger partial charge in [0.05, 0.1) is 5.69 Å². The first-order chi connectivity index (χ1) is 12.7. The standard InChI is InChI=1S/C18H18BrFN6/c19-13-9-14(20)17(22-11-13)24-5-7-25(8-6-24)18-16-10-15(12-1-2-12)23-26(16)4-3-21-18/h3-4,9-12H,1-2,5-8H2. The second kappa shape index (κ2) is 6.19.